The molecule has 1 aliphatic rings. The summed E-state index contributed by atoms with van der Waals surface area (Å²) >= 11 is 4.06. The molecule has 40 valence electrons. The molecule has 7 heavy (non-hydrogen) atoms. The van der Waals surface area contributed by atoms with Crippen molar-refractivity contribution < 1.29 is 0 Å². The summed E-state index contributed by atoms with van der Waals surface area (Å²) in [6.07, 6.45) is 3.90. The number of thiol groups is 1. The quantitative estimate of drug-likeness (QED) is 0.461. The second kappa shape index (κ2) is 1.66. The number of hydrogen-bond donors (Lipinski definition) is 1. The number of hydrogen-bond acceptors (Lipinski definition) is 3. The van der Waals surface area contributed by atoms with Crippen molar-refractivity contribution in [2.45, 2.75) is 0 Å². The standard InChI is InChI=1S/C4H8N2S/c1-5-2-3-6(7)4-5/h2-3,7H,4H2,1H3. The van der Waals surface area contributed by atoms with Crippen LogP contribution in [0.3, 0.4) is 0 Å². The van der Waals surface area contributed by atoms with E-state index in [1.807, 2.05) is 28.7 Å². The Hall–Kier alpha value is -0.310. The van der Waals surface area contributed by atoms with Gasteiger partial charge in [-0.15, -0.1) is 0 Å². The van der Waals surface area contributed by atoms with E-state index in [0.717, 1.165) is 6.67 Å². The van der Waals surface area contributed by atoms with Crippen molar-refractivity contribution in [3.05, 3.63) is 12.4 Å². The van der Waals surface area contributed by atoms with E-state index in [-0.39, 0.29) is 0 Å². The minimum atomic E-state index is 0.892. The molecule has 0 atom stereocenters. The molecule has 0 unspecified atom stereocenters. The molecule has 0 aromatic rings. The number of rotatable bonds is 0. The summed E-state index contributed by atoms with van der Waals surface area (Å²) in [5.41, 5.74) is 0. The maximum Gasteiger partial charge on any atom is 0.0994 e. The van der Waals surface area contributed by atoms with E-state index in [9.17, 15) is 0 Å². The summed E-state index contributed by atoms with van der Waals surface area (Å²) in [7, 11) is 2.01. The van der Waals surface area contributed by atoms with Gasteiger partial charge >= 0.3 is 0 Å². The Morgan fingerprint density at radius 3 is 2.43 bits per heavy atom. The van der Waals surface area contributed by atoms with E-state index in [2.05, 4.69) is 12.8 Å². The topological polar surface area (TPSA) is 6.48 Å². The third-order valence-corrected chi connectivity index (χ3v) is 1.12. The van der Waals surface area contributed by atoms with Crippen LogP contribution in [-0.2, 0) is 0 Å². The van der Waals surface area contributed by atoms with Gasteiger partial charge < -0.3 is 9.21 Å². The average Bonchev–Trinajstić information content (AvgIpc) is 1.87. The van der Waals surface area contributed by atoms with Crippen LogP contribution in [0.5, 0.6) is 0 Å². The highest BCUT2D eigenvalue weighted by Crippen LogP contribution is 2.03. The van der Waals surface area contributed by atoms with E-state index in [1.165, 1.54) is 0 Å². The Balaban J connectivity index is 2.42. The molecule has 1 aliphatic heterocycles. The largest absolute Gasteiger partial charge is 0.361 e. The fourth-order valence-corrected chi connectivity index (χ4v) is 0.773. The van der Waals surface area contributed by atoms with Crippen LogP contribution < -0.4 is 0 Å². The van der Waals surface area contributed by atoms with Gasteiger partial charge in [0.15, 0.2) is 0 Å². The zero-order valence-electron chi connectivity index (χ0n) is 4.20. The van der Waals surface area contributed by atoms with Crippen LogP contribution in [0.25, 0.3) is 0 Å². The first-order valence-corrected chi connectivity index (χ1v) is 2.53. The fourth-order valence-electron chi connectivity index (χ4n) is 0.514. The van der Waals surface area contributed by atoms with Gasteiger partial charge in [-0.25, -0.2) is 0 Å². The summed E-state index contributed by atoms with van der Waals surface area (Å²) in [4.78, 5) is 2.05. The van der Waals surface area contributed by atoms with Crippen LogP contribution in [0.4, 0.5) is 0 Å². The molecular weight excluding hydrogens is 108 g/mol. The molecule has 0 fully saturated rings. The van der Waals surface area contributed by atoms with Gasteiger partial charge in [0, 0.05) is 19.4 Å². The van der Waals surface area contributed by atoms with Crippen LogP contribution in [0.2, 0.25) is 0 Å². The minimum Gasteiger partial charge on any atom is -0.361 e. The molecule has 0 aromatic heterocycles. The van der Waals surface area contributed by atoms with Gasteiger partial charge in [-0.2, -0.15) is 0 Å². The van der Waals surface area contributed by atoms with Gasteiger partial charge in [0.2, 0.25) is 0 Å². The highest BCUT2D eigenvalue weighted by Gasteiger charge is 2.00. The molecule has 0 aliphatic carbocycles. The molecule has 1 rings (SSSR count). The molecular formula is C4H8N2S. The molecule has 0 bridgehead atoms. The first-order valence-electron chi connectivity index (χ1n) is 2.13. The van der Waals surface area contributed by atoms with Crippen LogP contribution in [0, 0.1) is 0 Å². The third-order valence-electron chi connectivity index (χ3n) is 0.861. The average molecular weight is 116 g/mol. The van der Waals surface area contributed by atoms with Crippen molar-refractivity contribution in [1.29, 1.82) is 0 Å². The molecule has 0 N–H and O–H groups in total. The second-order valence-corrected chi connectivity index (χ2v) is 2.15. The van der Waals surface area contributed by atoms with Gasteiger partial charge in [-0.1, -0.05) is 12.8 Å². The maximum atomic E-state index is 4.06. The zero-order chi connectivity index (χ0) is 5.28. The lowest BCUT2D eigenvalue weighted by Crippen LogP contribution is -2.13. The summed E-state index contributed by atoms with van der Waals surface area (Å²) in [6, 6.07) is 0. The van der Waals surface area contributed by atoms with Crippen molar-refractivity contribution in [3.63, 3.8) is 0 Å². The monoisotopic (exact) mass is 116 g/mol. The number of nitrogens with zero attached hydrogens (tertiary/aromatic N) is 2. The predicted molar refractivity (Wildman–Crippen MR) is 32.6 cm³/mol. The lowest BCUT2D eigenvalue weighted by atomic mass is 10.9. The summed E-state index contributed by atoms with van der Waals surface area (Å²) in [5.74, 6) is 0. The van der Waals surface area contributed by atoms with E-state index in [1.54, 1.807) is 0 Å². The van der Waals surface area contributed by atoms with E-state index in [0.29, 0.717) is 0 Å². The highest BCUT2D eigenvalue weighted by atomic mass is 32.1. The molecule has 0 saturated carbocycles. The van der Waals surface area contributed by atoms with Crippen molar-refractivity contribution in [1.82, 2.24) is 9.21 Å². The normalized spacial score (nSPS) is 19.1. The summed E-state index contributed by atoms with van der Waals surface area (Å²) < 4.78 is 1.82. The summed E-state index contributed by atoms with van der Waals surface area (Å²) in [6.45, 7) is 0.892. The lowest BCUT2D eigenvalue weighted by molar-refractivity contribution is 0.412. The Labute approximate surface area is 48.9 Å². The van der Waals surface area contributed by atoms with Crippen LogP contribution in [-0.4, -0.2) is 22.9 Å². The van der Waals surface area contributed by atoms with Crippen molar-refractivity contribution in [2.24, 2.45) is 0 Å². The van der Waals surface area contributed by atoms with Gasteiger partial charge in [0.25, 0.3) is 0 Å². The Morgan fingerprint density at radius 1 is 1.57 bits per heavy atom. The Morgan fingerprint density at radius 2 is 2.29 bits per heavy atom. The maximum absolute atomic E-state index is 4.06. The Bertz CT molecular complexity index is 81.7. The SMILES string of the molecule is CN1C=CN(S)C1. The molecule has 0 spiro atoms. The first kappa shape index (κ1) is 4.84. The first-order chi connectivity index (χ1) is 3.29. The van der Waals surface area contributed by atoms with Gasteiger partial charge in [-0.3, -0.25) is 0 Å². The third kappa shape index (κ3) is 1.03. The summed E-state index contributed by atoms with van der Waals surface area (Å²) in [5, 5.41) is 0. The minimum absolute atomic E-state index is 0.892. The van der Waals surface area contributed by atoms with Gasteiger partial charge in [0.1, 0.15) is 0 Å². The van der Waals surface area contributed by atoms with Crippen molar-refractivity contribution in [2.75, 3.05) is 13.7 Å². The molecule has 0 aromatic carbocycles. The van der Waals surface area contributed by atoms with Gasteiger partial charge in [-0.05, 0) is 0 Å². The zero-order valence-corrected chi connectivity index (χ0v) is 5.10. The van der Waals surface area contributed by atoms with Crippen molar-refractivity contribution in [3.8, 4) is 0 Å². The van der Waals surface area contributed by atoms with Gasteiger partial charge in [0.05, 0.1) is 6.67 Å². The van der Waals surface area contributed by atoms with E-state index >= 15 is 0 Å². The van der Waals surface area contributed by atoms with E-state index < -0.39 is 0 Å². The smallest absolute Gasteiger partial charge is 0.0994 e. The highest BCUT2D eigenvalue weighted by molar-refractivity contribution is 7.77. The van der Waals surface area contributed by atoms with Crippen LogP contribution in [0.15, 0.2) is 12.4 Å². The molecule has 0 radical (unpaired) electrons. The van der Waals surface area contributed by atoms with Crippen molar-refractivity contribution >= 4 is 12.8 Å². The fraction of sp³-hybridized carbons (Fsp3) is 0.500. The molecule has 0 amide bonds. The van der Waals surface area contributed by atoms with Crippen LogP contribution >= 0.6 is 12.8 Å². The van der Waals surface area contributed by atoms with Crippen LogP contribution in [0.1, 0.15) is 0 Å². The molecule has 0 saturated heterocycles. The second-order valence-electron chi connectivity index (χ2n) is 1.64. The predicted octanol–water partition coefficient (Wildman–Crippen LogP) is 0.507. The molecule has 3 heteroatoms. The van der Waals surface area contributed by atoms with E-state index in [4.69, 9.17) is 0 Å². The molecule has 2 nitrogen and oxygen atoms in total. The molecule has 1 heterocycles. The Kier molecular flexibility index (Phi) is 1.15. The lowest BCUT2D eigenvalue weighted by Gasteiger charge is -2.09.